The Labute approximate surface area is 83.6 Å². The largest absolute Gasteiger partial charge is 0.388 e. The second-order valence-corrected chi connectivity index (χ2v) is 3.50. The molecule has 0 radical (unpaired) electrons. The van der Waals surface area contributed by atoms with Crippen LogP contribution in [0.2, 0.25) is 0 Å². The Bertz CT molecular complexity index is 325. The second kappa shape index (κ2) is 4.53. The summed E-state index contributed by atoms with van der Waals surface area (Å²) in [5, 5.41) is 9.67. The van der Waals surface area contributed by atoms with Gasteiger partial charge in [-0.2, -0.15) is 0 Å². The number of hydrogen-bond acceptors (Lipinski definition) is 2. The van der Waals surface area contributed by atoms with E-state index in [1.165, 1.54) is 0 Å². The summed E-state index contributed by atoms with van der Waals surface area (Å²) in [7, 11) is 0. The lowest BCUT2D eigenvalue weighted by Crippen LogP contribution is -2.09. The molecule has 0 saturated carbocycles. The molecular weight excluding hydrogens is 181 g/mol. The number of halogens is 1. The fourth-order valence-corrected chi connectivity index (χ4v) is 1.51. The maximum Gasteiger partial charge on any atom is 0.129 e. The molecule has 0 amide bonds. The van der Waals surface area contributed by atoms with E-state index in [9.17, 15) is 9.50 Å². The van der Waals surface area contributed by atoms with E-state index in [4.69, 9.17) is 5.73 Å². The van der Waals surface area contributed by atoms with Gasteiger partial charge in [0.2, 0.25) is 0 Å². The van der Waals surface area contributed by atoms with Crippen molar-refractivity contribution in [1.29, 1.82) is 0 Å². The lowest BCUT2D eigenvalue weighted by molar-refractivity contribution is 0.169. The molecule has 14 heavy (non-hydrogen) atoms. The Hall–Kier alpha value is -0.930. The van der Waals surface area contributed by atoms with Crippen molar-refractivity contribution in [2.75, 3.05) is 6.54 Å². The van der Waals surface area contributed by atoms with Gasteiger partial charge in [-0.3, -0.25) is 0 Å². The van der Waals surface area contributed by atoms with Gasteiger partial charge in [-0.1, -0.05) is 12.1 Å². The fourth-order valence-electron chi connectivity index (χ4n) is 1.51. The van der Waals surface area contributed by atoms with Gasteiger partial charge in [0.05, 0.1) is 6.10 Å². The Morgan fingerprint density at radius 2 is 2.07 bits per heavy atom. The van der Waals surface area contributed by atoms with Crippen LogP contribution >= 0.6 is 0 Å². The summed E-state index contributed by atoms with van der Waals surface area (Å²) in [6.45, 7) is 3.79. The zero-order chi connectivity index (χ0) is 10.7. The third-order valence-corrected chi connectivity index (χ3v) is 2.42. The number of aryl methyl sites for hydroxylation is 1. The van der Waals surface area contributed by atoms with E-state index in [2.05, 4.69) is 0 Å². The molecule has 1 aromatic rings. The van der Waals surface area contributed by atoms with Gasteiger partial charge in [0.15, 0.2) is 0 Å². The standard InChI is InChI=1S/C11H16FNO/c1-7-3-4-9(8(2)11(7)12)10(14)5-6-13/h3-4,10,14H,5-6,13H2,1-2H3. The van der Waals surface area contributed by atoms with E-state index < -0.39 is 6.10 Å². The highest BCUT2D eigenvalue weighted by molar-refractivity contribution is 5.33. The Morgan fingerprint density at radius 1 is 1.43 bits per heavy atom. The van der Waals surface area contributed by atoms with E-state index in [-0.39, 0.29) is 5.82 Å². The van der Waals surface area contributed by atoms with Crippen LogP contribution < -0.4 is 5.73 Å². The van der Waals surface area contributed by atoms with Crippen molar-refractivity contribution in [3.63, 3.8) is 0 Å². The van der Waals surface area contributed by atoms with Gasteiger partial charge in [-0.15, -0.1) is 0 Å². The second-order valence-electron chi connectivity index (χ2n) is 3.50. The molecule has 0 aliphatic rings. The van der Waals surface area contributed by atoms with Crippen LogP contribution in [0, 0.1) is 19.7 Å². The molecule has 1 rings (SSSR count). The first-order valence-corrected chi connectivity index (χ1v) is 4.71. The normalized spacial score (nSPS) is 12.9. The van der Waals surface area contributed by atoms with Crippen molar-refractivity contribution < 1.29 is 9.50 Å². The van der Waals surface area contributed by atoms with Gasteiger partial charge >= 0.3 is 0 Å². The average Bonchev–Trinajstić information content (AvgIpc) is 2.15. The monoisotopic (exact) mass is 197 g/mol. The smallest absolute Gasteiger partial charge is 0.129 e. The Kier molecular flexibility index (Phi) is 3.61. The maximum absolute atomic E-state index is 13.4. The Balaban J connectivity index is 3.04. The fraction of sp³-hybridized carbons (Fsp3) is 0.455. The maximum atomic E-state index is 13.4. The minimum atomic E-state index is -0.657. The molecule has 3 heteroatoms. The van der Waals surface area contributed by atoms with Crippen molar-refractivity contribution in [2.24, 2.45) is 5.73 Å². The molecule has 0 fully saturated rings. The summed E-state index contributed by atoms with van der Waals surface area (Å²) in [6.07, 6.45) is -0.196. The van der Waals surface area contributed by atoms with Crippen molar-refractivity contribution >= 4 is 0 Å². The highest BCUT2D eigenvalue weighted by atomic mass is 19.1. The SMILES string of the molecule is Cc1ccc(C(O)CCN)c(C)c1F. The van der Waals surface area contributed by atoms with Crippen LogP contribution in [0.5, 0.6) is 0 Å². The summed E-state index contributed by atoms with van der Waals surface area (Å²) in [4.78, 5) is 0. The van der Waals surface area contributed by atoms with Crippen LogP contribution in [-0.2, 0) is 0 Å². The molecule has 0 saturated heterocycles. The van der Waals surface area contributed by atoms with Gasteiger partial charge in [0, 0.05) is 0 Å². The highest BCUT2D eigenvalue weighted by Gasteiger charge is 2.13. The van der Waals surface area contributed by atoms with E-state index in [0.717, 1.165) is 0 Å². The van der Waals surface area contributed by atoms with Gasteiger partial charge in [-0.05, 0) is 43.5 Å². The third-order valence-electron chi connectivity index (χ3n) is 2.42. The zero-order valence-electron chi connectivity index (χ0n) is 8.55. The van der Waals surface area contributed by atoms with Crippen LogP contribution in [0.15, 0.2) is 12.1 Å². The number of aliphatic hydroxyl groups excluding tert-OH is 1. The van der Waals surface area contributed by atoms with Crippen LogP contribution in [0.1, 0.15) is 29.2 Å². The van der Waals surface area contributed by atoms with E-state index in [1.54, 1.807) is 26.0 Å². The first-order valence-electron chi connectivity index (χ1n) is 4.71. The highest BCUT2D eigenvalue weighted by Crippen LogP contribution is 2.23. The molecule has 1 unspecified atom stereocenters. The minimum absolute atomic E-state index is 0.237. The van der Waals surface area contributed by atoms with Crippen molar-refractivity contribution in [3.05, 3.63) is 34.6 Å². The van der Waals surface area contributed by atoms with Gasteiger partial charge in [-0.25, -0.2) is 4.39 Å². The van der Waals surface area contributed by atoms with Crippen LogP contribution in [0.4, 0.5) is 4.39 Å². The molecule has 0 bridgehead atoms. The quantitative estimate of drug-likeness (QED) is 0.776. The summed E-state index contributed by atoms with van der Waals surface area (Å²) < 4.78 is 13.4. The van der Waals surface area contributed by atoms with E-state index >= 15 is 0 Å². The molecule has 78 valence electrons. The minimum Gasteiger partial charge on any atom is -0.388 e. The molecule has 0 spiro atoms. The average molecular weight is 197 g/mol. The number of rotatable bonds is 3. The van der Waals surface area contributed by atoms with Gasteiger partial charge < -0.3 is 10.8 Å². The first-order chi connectivity index (χ1) is 6.57. The molecule has 0 aromatic heterocycles. The molecule has 1 atom stereocenters. The molecule has 0 aliphatic carbocycles. The predicted octanol–water partition coefficient (Wildman–Crippen LogP) is 1.82. The lowest BCUT2D eigenvalue weighted by Gasteiger charge is -2.14. The number of hydrogen-bond donors (Lipinski definition) is 2. The molecule has 3 N–H and O–H groups in total. The third kappa shape index (κ3) is 2.11. The molecular formula is C11H16FNO. The predicted molar refractivity (Wildman–Crippen MR) is 54.5 cm³/mol. The number of benzene rings is 1. The first kappa shape index (κ1) is 11.1. The summed E-state index contributed by atoms with van der Waals surface area (Å²) in [5.41, 5.74) is 7.09. The number of aliphatic hydroxyl groups is 1. The van der Waals surface area contributed by atoms with E-state index in [1.807, 2.05) is 0 Å². The molecule has 2 nitrogen and oxygen atoms in total. The van der Waals surface area contributed by atoms with Crippen LogP contribution in [0.25, 0.3) is 0 Å². The Morgan fingerprint density at radius 3 is 2.64 bits per heavy atom. The molecule has 0 heterocycles. The molecule has 0 aliphatic heterocycles. The summed E-state index contributed by atoms with van der Waals surface area (Å²) in [6, 6.07) is 3.44. The topological polar surface area (TPSA) is 46.2 Å². The summed E-state index contributed by atoms with van der Waals surface area (Å²) >= 11 is 0. The van der Waals surface area contributed by atoms with Crippen molar-refractivity contribution in [1.82, 2.24) is 0 Å². The lowest BCUT2D eigenvalue weighted by atomic mass is 9.98. The van der Waals surface area contributed by atoms with Crippen molar-refractivity contribution in [3.8, 4) is 0 Å². The molecule has 1 aromatic carbocycles. The summed E-state index contributed by atoms with van der Waals surface area (Å²) in [5.74, 6) is -0.237. The van der Waals surface area contributed by atoms with Crippen LogP contribution in [-0.4, -0.2) is 11.7 Å². The van der Waals surface area contributed by atoms with Gasteiger partial charge in [0.1, 0.15) is 5.82 Å². The number of nitrogens with two attached hydrogens (primary N) is 1. The van der Waals surface area contributed by atoms with Crippen LogP contribution in [0.3, 0.4) is 0 Å². The van der Waals surface area contributed by atoms with Gasteiger partial charge in [0.25, 0.3) is 0 Å². The van der Waals surface area contributed by atoms with E-state index in [0.29, 0.717) is 29.7 Å². The zero-order valence-corrected chi connectivity index (χ0v) is 8.55. The van der Waals surface area contributed by atoms with Crippen molar-refractivity contribution in [2.45, 2.75) is 26.4 Å².